The van der Waals surface area contributed by atoms with Crippen LogP contribution in [0.15, 0.2) is 32.8 Å². The predicted octanol–water partition coefficient (Wildman–Crippen LogP) is -1.72. The molecule has 4 heterocycles. The van der Waals surface area contributed by atoms with Crippen LogP contribution >= 0.6 is 7.82 Å². The molecule has 2 aliphatic heterocycles. The standard InChI is InChI=1S/C19H26N5O11P.H3N/c1-9-6-24(19(29)22-17(9)27)16-5-11(12(7-25)33-16)35-36(30,31)32-8-13-10(26)4-15(34-13)23-3-2-14(20)21-18(23)28;/h2-3,6,10-13,15-16,25-26H,4-5,7-8H2,1H3,(H,30,31)(H2,20,21,28)(H,22,27,29);1H3. The fourth-order valence-electron chi connectivity index (χ4n) is 4.00. The van der Waals surface area contributed by atoms with Gasteiger partial charge >= 0.3 is 19.2 Å². The maximum absolute atomic E-state index is 12.6. The van der Waals surface area contributed by atoms with Gasteiger partial charge in [-0.3, -0.25) is 28.0 Å². The van der Waals surface area contributed by atoms with Crippen LogP contribution in [0, 0.1) is 6.92 Å². The highest BCUT2D eigenvalue weighted by Crippen LogP contribution is 2.48. The number of nitrogens with one attached hydrogen (secondary N) is 1. The molecule has 2 saturated heterocycles. The smallest absolute Gasteiger partial charge is 0.394 e. The molecule has 2 fully saturated rings. The molecule has 0 aromatic carbocycles. The molecule has 18 heteroatoms. The van der Waals surface area contributed by atoms with Gasteiger partial charge in [-0.25, -0.2) is 14.2 Å². The van der Waals surface area contributed by atoms with Crippen molar-refractivity contribution in [1.82, 2.24) is 25.3 Å². The van der Waals surface area contributed by atoms with E-state index in [0.717, 1.165) is 9.13 Å². The van der Waals surface area contributed by atoms with Crippen LogP contribution in [0.5, 0.6) is 0 Å². The molecule has 2 aromatic rings. The minimum absolute atomic E-state index is 0. The number of aliphatic hydroxyl groups excluding tert-OH is 2. The Balaban J connectivity index is 0.00000380. The molecule has 0 saturated carbocycles. The molecule has 0 aliphatic carbocycles. The number of H-pyrrole nitrogens is 1. The van der Waals surface area contributed by atoms with Crippen LogP contribution in [-0.2, 0) is 23.1 Å². The largest absolute Gasteiger partial charge is 0.472 e. The molecule has 0 amide bonds. The topological polar surface area (TPSA) is 265 Å². The van der Waals surface area contributed by atoms with E-state index in [2.05, 4.69) is 9.97 Å². The van der Waals surface area contributed by atoms with E-state index in [-0.39, 0.29) is 30.4 Å². The second-order valence-electron chi connectivity index (χ2n) is 8.41. The number of rotatable bonds is 8. The van der Waals surface area contributed by atoms with E-state index in [4.69, 9.17) is 24.3 Å². The summed E-state index contributed by atoms with van der Waals surface area (Å²) in [4.78, 5) is 51.7. The lowest BCUT2D eigenvalue weighted by molar-refractivity contribution is -0.0575. The Kier molecular flexibility index (Phi) is 8.84. The van der Waals surface area contributed by atoms with Crippen molar-refractivity contribution in [2.75, 3.05) is 18.9 Å². The first-order valence-electron chi connectivity index (χ1n) is 10.9. The lowest BCUT2D eigenvalue weighted by atomic mass is 10.2. The minimum atomic E-state index is -4.75. The lowest BCUT2D eigenvalue weighted by Gasteiger charge is -2.21. The van der Waals surface area contributed by atoms with Crippen molar-refractivity contribution in [1.29, 1.82) is 0 Å². The number of nitrogens with two attached hydrogens (primary N) is 1. The summed E-state index contributed by atoms with van der Waals surface area (Å²) >= 11 is 0. The normalized spacial score (nSPS) is 29.1. The first kappa shape index (κ1) is 28.8. The summed E-state index contributed by atoms with van der Waals surface area (Å²) in [5.74, 6) is 0.0212. The summed E-state index contributed by atoms with van der Waals surface area (Å²) in [6.45, 7) is 0.345. The first-order chi connectivity index (χ1) is 17.0. The monoisotopic (exact) mass is 548 g/mol. The third-order valence-corrected chi connectivity index (χ3v) is 6.87. The number of ether oxygens (including phenoxy) is 2. The van der Waals surface area contributed by atoms with Gasteiger partial charge in [0.25, 0.3) is 5.56 Å². The van der Waals surface area contributed by atoms with E-state index < -0.39 is 74.8 Å². The van der Waals surface area contributed by atoms with Crippen molar-refractivity contribution < 1.29 is 38.2 Å². The van der Waals surface area contributed by atoms with Crippen molar-refractivity contribution in [3.8, 4) is 0 Å². The maximum Gasteiger partial charge on any atom is 0.472 e. The summed E-state index contributed by atoms with van der Waals surface area (Å²) in [5.41, 5.74) is 3.69. The number of aromatic nitrogens is 4. The minimum Gasteiger partial charge on any atom is -0.394 e. The Morgan fingerprint density at radius 3 is 2.57 bits per heavy atom. The third kappa shape index (κ3) is 6.40. The van der Waals surface area contributed by atoms with Gasteiger partial charge in [0.05, 0.1) is 19.3 Å². The zero-order chi connectivity index (χ0) is 26.2. The zero-order valence-corrected chi connectivity index (χ0v) is 20.6. The fourth-order valence-corrected chi connectivity index (χ4v) is 4.96. The second kappa shape index (κ2) is 11.3. The molecule has 4 rings (SSSR count). The molecule has 37 heavy (non-hydrogen) atoms. The highest BCUT2D eigenvalue weighted by Gasteiger charge is 2.43. The van der Waals surface area contributed by atoms with Crippen LogP contribution in [0.4, 0.5) is 5.82 Å². The molecular weight excluding hydrogens is 519 g/mol. The number of phosphoric acid groups is 1. The van der Waals surface area contributed by atoms with E-state index in [1.165, 1.54) is 25.4 Å². The van der Waals surface area contributed by atoms with E-state index in [9.17, 15) is 34.1 Å². The fraction of sp³-hybridized carbons (Fsp3) is 0.579. The number of phosphoric ester groups is 1. The second-order valence-corrected chi connectivity index (χ2v) is 9.81. The van der Waals surface area contributed by atoms with Crippen molar-refractivity contribution >= 4 is 13.6 Å². The first-order valence-corrected chi connectivity index (χ1v) is 12.4. The zero-order valence-electron chi connectivity index (χ0n) is 19.7. The maximum atomic E-state index is 12.6. The summed E-state index contributed by atoms with van der Waals surface area (Å²) in [6, 6.07) is 1.38. The number of nitrogen functional groups attached to an aromatic ring is 1. The molecule has 206 valence electrons. The van der Waals surface area contributed by atoms with Gasteiger partial charge in [-0.2, -0.15) is 4.98 Å². The highest BCUT2D eigenvalue weighted by atomic mass is 31.2. The van der Waals surface area contributed by atoms with Crippen LogP contribution in [-0.4, -0.2) is 71.8 Å². The quantitative estimate of drug-likeness (QED) is 0.200. The summed E-state index contributed by atoms with van der Waals surface area (Å²) < 4.78 is 36.1. The van der Waals surface area contributed by atoms with Gasteiger partial charge in [-0.15, -0.1) is 0 Å². The number of aromatic amines is 1. The van der Waals surface area contributed by atoms with Gasteiger partial charge in [0.1, 0.15) is 36.6 Å². The molecule has 17 nitrogen and oxygen atoms in total. The molecule has 7 atom stereocenters. The molecule has 2 aromatic heterocycles. The summed E-state index contributed by atoms with van der Waals surface area (Å²) in [6.07, 6.45) is -3.76. The average Bonchev–Trinajstić information content (AvgIpc) is 3.37. The molecule has 2 aliphatic rings. The summed E-state index contributed by atoms with van der Waals surface area (Å²) in [5, 5.41) is 19.9. The van der Waals surface area contributed by atoms with Crippen LogP contribution in [0.25, 0.3) is 0 Å². The van der Waals surface area contributed by atoms with Crippen molar-refractivity contribution in [2.45, 2.75) is 56.6 Å². The van der Waals surface area contributed by atoms with Crippen LogP contribution in [0.1, 0.15) is 30.9 Å². The predicted molar refractivity (Wildman–Crippen MR) is 125 cm³/mol. The van der Waals surface area contributed by atoms with E-state index >= 15 is 0 Å². The molecule has 0 radical (unpaired) electrons. The number of anilines is 1. The van der Waals surface area contributed by atoms with Gasteiger partial charge in [0, 0.05) is 30.8 Å². The molecule has 0 bridgehead atoms. The Hall–Kier alpha value is -2.73. The Bertz CT molecular complexity index is 1330. The number of hydrogen-bond donors (Lipinski definition) is 6. The van der Waals surface area contributed by atoms with Gasteiger partial charge < -0.3 is 36.5 Å². The van der Waals surface area contributed by atoms with Gasteiger partial charge in [0.15, 0.2) is 0 Å². The van der Waals surface area contributed by atoms with E-state index in [1.54, 1.807) is 0 Å². The van der Waals surface area contributed by atoms with Gasteiger partial charge in [-0.1, -0.05) is 0 Å². The third-order valence-electron chi connectivity index (χ3n) is 5.85. The number of hydrogen-bond acceptors (Lipinski definition) is 13. The number of aryl methyl sites for hydroxylation is 1. The Labute approximate surface area is 208 Å². The van der Waals surface area contributed by atoms with E-state index in [0.29, 0.717) is 0 Å². The Morgan fingerprint density at radius 2 is 1.89 bits per heavy atom. The number of nitrogens with zero attached hydrogens (tertiary/aromatic N) is 3. The van der Waals surface area contributed by atoms with Crippen molar-refractivity contribution in [2.24, 2.45) is 0 Å². The molecule has 7 unspecified atom stereocenters. The lowest BCUT2D eigenvalue weighted by Crippen LogP contribution is -2.33. The average molecular weight is 548 g/mol. The van der Waals surface area contributed by atoms with Crippen molar-refractivity contribution in [3.63, 3.8) is 0 Å². The molecule has 0 spiro atoms. The van der Waals surface area contributed by atoms with Gasteiger partial charge in [0.2, 0.25) is 0 Å². The van der Waals surface area contributed by atoms with E-state index in [1.807, 2.05) is 0 Å². The molecule has 9 N–H and O–H groups in total. The van der Waals surface area contributed by atoms with Gasteiger partial charge in [-0.05, 0) is 13.0 Å². The highest BCUT2D eigenvalue weighted by molar-refractivity contribution is 7.47. The van der Waals surface area contributed by atoms with Crippen LogP contribution in [0.3, 0.4) is 0 Å². The summed E-state index contributed by atoms with van der Waals surface area (Å²) in [7, 11) is -4.75. The SMILES string of the molecule is Cc1cn(C2CC(OP(=O)(O)OCC3OC(n4ccc(N)nc4=O)CC3O)C(CO)O2)c(=O)[nH]c1=O.N. The Morgan fingerprint density at radius 1 is 1.22 bits per heavy atom. The van der Waals surface area contributed by atoms with Crippen LogP contribution in [0.2, 0.25) is 0 Å². The van der Waals surface area contributed by atoms with Crippen molar-refractivity contribution in [3.05, 3.63) is 55.3 Å². The number of aliphatic hydroxyl groups is 2. The molecular formula is C19H29N6O11P. The van der Waals surface area contributed by atoms with Crippen LogP contribution < -0.4 is 28.8 Å².